The van der Waals surface area contributed by atoms with Crippen LogP contribution < -0.4 is 0 Å². The molecule has 0 aliphatic carbocycles. The van der Waals surface area contributed by atoms with E-state index in [-0.39, 0.29) is 49.3 Å². The summed E-state index contributed by atoms with van der Waals surface area (Å²) in [7, 11) is 1.71. The number of aliphatic hydroxyl groups is 1. The molecule has 0 unspecified atom stereocenters. The summed E-state index contributed by atoms with van der Waals surface area (Å²) >= 11 is 0. The van der Waals surface area contributed by atoms with Crippen LogP contribution in [-0.2, 0) is 28.7 Å². The molecule has 1 aromatic carbocycles. The molecule has 0 aromatic heterocycles. The van der Waals surface area contributed by atoms with E-state index in [1.807, 2.05) is 77.1 Å². The van der Waals surface area contributed by atoms with Crippen molar-refractivity contribution < 1.29 is 33.8 Å². The lowest BCUT2D eigenvalue weighted by atomic mass is 9.74. The zero-order valence-electron chi connectivity index (χ0n) is 27.2. The Morgan fingerprint density at radius 3 is 2.38 bits per heavy atom. The third-order valence-corrected chi connectivity index (χ3v) is 9.88. The van der Waals surface area contributed by atoms with Crippen molar-refractivity contribution in [1.29, 1.82) is 0 Å². The monoisotopic (exact) mass is 621 g/mol. The van der Waals surface area contributed by atoms with E-state index in [9.17, 15) is 24.3 Å². The smallest absolute Gasteiger partial charge is 0.313 e. The molecule has 1 N–H and O–H groups in total. The predicted octanol–water partition coefficient (Wildman–Crippen LogP) is 3.26. The highest BCUT2D eigenvalue weighted by Crippen LogP contribution is 2.56. The SMILES string of the molecule is CC(C)C[C@H](CO)N1C(=O)[C@@H]2[C@H]3C(=O)O[C@@H](c4ccccc4)[C@H](C)N(C)C(=O)CC/C=C\CN(C(C)C)C(=O)[C@@H]1[C@]21C=C[C@H]3O1. The second-order valence-corrected chi connectivity index (χ2v) is 13.5. The highest BCUT2D eigenvalue weighted by Gasteiger charge is 2.74. The van der Waals surface area contributed by atoms with Crippen LogP contribution in [0.15, 0.2) is 54.6 Å². The average molecular weight is 622 g/mol. The Balaban J connectivity index is 1.63. The zero-order chi connectivity index (χ0) is 32.6. The summed E-state index contributed by atoms with van der Waals surface area (Å²) in [5, 5.41) is 10.6. The van der Waals surface area contributed by atoms with Crippen LogP contribution in [0.5, 0.6) is 0 Å². The van der Waals surface area contributed by atoms with Crippen LogP contribution in [0.25, 0.3) is 0 Å². The lowest BCUT2D eigenvalue weighted by molar-refractivity contribution is -0.164. The fourth-order valence-corrected chi connectivity index (χ4v) is 7.49. The summed E-state index contributed by atoms with van der Waals surface area (Å²) in [5.41, 5.74) is -0.652. The van der Waals surface area contributed by atoms with E-state index in [4.69, 9.17) is 9.47 Å². The minimum Gasteiger partial charge on any atom is -0.455 e. The molecule has 8 atom stereocenters. The van der Waals surface area contributed by atoms with Crippen LogP contribution in [0, 0.1) is 17.8 Å². The molecule has 3 amide bonds. The second kappa shape index (κ2) is 13.1. The predicted molar refractivity (Wildman–Crippen MR) is 167 cm³/mol. The third-order valence-electron chi connectivity index (χ3n) is 9.88. The number of amides is 3. The van der Waals surface area contributed by atoms with E-state index in [2.05, 4.69) is 0 Å². The largest absolute Gasteiger partial charge is 0.455 e. The molecule has 2 fully saturated rings. The summed E-state index contributed by atoms with van der Waals surface area (Å²) in [6.45, 7) is 9.63. The summed E-state index contributed by atoms with van der Waals surface area (Å²) in [6.07, 6.45) is 6.98. The van der Waals surface area contributed by atoms with Gasteiger partial charge in [-0.25, -0.2) is 0 Å². The van der Waals surface area contributed by atoms with E-state index in [0.29, 0.717) is 12.8 Å². The Kier molecular flexibility index (Phi) is 9.56. The first-order valence-electron chi connectivity index (χ1n) is 16.2. The molecule has 0 saturated carbocycles. The summed E-state index contributed by atoms with van der Waals surface area (Å²) in [6, 6.07) is 6.87. The van der Waals surface area contributed by atoms with Crippen molar-refractivity contribution in [2.45, 2.75) is 95.9 Å². The number of allylic oxidation sites excluding steroid dienone is 1. The number of ether oxygens (including phenoxy) is 2. The molecule has 1 spiro atoms. The summed E-state index contributed by atoms with van der Waals surface area (Å²) in [4.78, 5) is 61.4. The molecule has 5 rings (SSSR count). The lowest BCUT2D eigenvalue weighted by Crippen LogP contribution is -2.59. The maximum Gasteiger partial charge on any atom is 0.313 e. The van der Waals surface area contributed by atoms with Gasteiger partial charge in [-0.05, 0) is 45.1 Å². The van der Waals surface area contributed by atoms with Gasteiger partial charge in [0.2, 0.25) is 17.7 Å². The minimum atomic E-state index is -1.38. The molecule has 1 aromatic rings. The van der Waals surface area contributed by atoms with Gasteiger partial charge in [-0.2, -0.15) is 0 Å². The molecule has 2 saturated heterocycles. The molecule has 4 aliphatic heterocycles. The molecule has 10 heteroatoms. The first-order chi connectivity index (χ1) is 21.4. The number of cyclic esters (lactones) is 1. The van der Waals surface area contributed by atoms with E-state index < -0.39 is 53.7 Å². The van der Waals surface area contributed by atoms with Crippen molar-refractivity contribution in [3.63, 3.8) is 0 Å². The number of aliphatic hydroxyl groups excluding tert-OH is 1. The molecule has 4 aliphatic rings. The average Bonchev–Trinajstić information content (AvgIpc) is 3.66. The van der Waals surface area contributed by atoms with Crippen LogP contribution in [0.1, 0.15) is 65.5 Å². The van der Waals surface area contributed by atoms with E-state index in [1.54, 1.807) is 29.0 Å². The van der Waals surface area contributed by atoms with E-state index in [0.717, 1.165) is 5.56 Å². The summed E-state index contributed by atoms with van der Waals surface area (Å²) in [5.74, 6) is -3.26. The molecular weight excluding hydrogens is 574 g/mol. The number of likely N-dealkylation sites (tertiary alicyclic amines) is 1. The second-order valence-electron chi connectivity index (χ2n) is 13.5. The van der Waals surface area contributed by atoms with Crippen LogP contribution >= 0.6 is 0 Å². The number of carbonyl (C=O) groups is 4. The van der Waals surface area contributed by atoms with Gasteiger partial charge in [0, 0.05) is 26.1 Å². The first-order valence-corrected chi connectivity index (χ1v) is 16.2. The number of esters is 1. The Morgan fingerprint density at radius 2 is 1.73 bits per heavy atom. The maximum absolute atomic E-state index is 14.6. The molecule has 10 nitrogen and oxygen atoms in total. The zero-order valence-corrected chi connectivity index (χ0v) is 27.2. The minimum absolute atomic E-state index is 0.0968. The molecule has 5 bridgehead atoms. The third kappa shape index (κ3) is 5.83. The Bertz CT molecular complexity index is 1340. The van der Waals surface area contributed by atoms with Gasteiger partial charge in [-0.3, -0.25) is 19.2 Å². The molecule has 45 heavy (non-hydrogen) atoms. The highest BCUT2D eigenvalue weighted by molar-refractivity contribution is 5.99. The molecule has 244 valence electrons. The fraction of sp³-hybridized carbons (Fsp3) is 0.600. The Hall–Kier alpha value is -3.50. The van der Waals surface area contributed by atoms with Gasteiger partial charge in [0.1, 0.15) is 23.7 Å². The fourth-order valence-electron chi connectivity index (χ4n) is 7.49. The number of hydrogen-bond donors (Lipinski definition) is 1. The van der Waals surface area contributed by atoms with Gasteiger partial charge >= 0.3 is 5.97 Å². The maximum atomic E-state index is 14.6. The number of nitrogens with zero attached hydrogens (tertiary/aromatic N) is 3. The van der Waals surface area contributed by atoms with Gasteiger partial charge in [0.15, 0.2) is 0 Å². The molecule has 0 radical (unpaired) electrons. The van der Waals surface area contributed by atoms with Crippen LogP contribution in [0.4, 0.5) is 0 Å². The van der Waals surface area contributed by atoms with Gasteiger partial charge in [0.25, 0.3) is 0 Å². The number of carbonyl (C=O) groups excluding carboxylic acids is 4. The van der Waals surface area contributed by atoms with Gasteiger partial charge in [-0.15, -0.1) is 0 Å². The van der Waals surface area contributed by atoms with Crippen LogP contribution in [-0.4, -0.2) is 99.6 Å². The normalized spacial score (nSPS) is 33.8. The van der Waals surface area contributed by atoms with Crippen molar-refractivity contribution in [3.8, 4) is 0 Å². The van der Waals surface area contributed by atoms with Crippen LogP contribution in [0.2, 0.25) is 0 Å². The molecule has 4 heterocycles. The Morgan fingerprint density at radius 1 is 1.02 bits per heavy atom. The van der Waals surface area contributed by atoms with Crippen molar-refractivity contribution in [1.82, 2.24) is 14.7 Å². The van der Waals surface area contributed by atoms with Gasteiger partial charge in [-0.1, -0.05) is 68.5 Å². The van der Waals surface area contributed by atoms with E-state index >= 15 is 0 Å². The number of fused-ring (bicyclic) bond motifs is 2. The topological polar surface area (TPSA) is 117 Å². The number of rotatable bonds is 6. The quantitative estimate of drug-likeness (QED) is 0.383. The first kappa shape index (κ1) is 32.9. The Labute approximate surface area is 266 Å². The number of benzene rings is 1. The number of hydrogen-bond acceptors (Lipinski definition) is 7. The summed E-state index contributed by atoms with van der Waals surface area (Å²) < 4.78 is 12.8. The van der Waals surface area contributed by atoms with Crippen molar-refractivity contribution in [2.75, 3.05) is 20.2 Å². The van der Waals surface area contributed by atoms with Gasteiger partial charge in [0.05, 0.1) is 30.7 Å². The standard InChI is InChI=1S/C35H47N3O7/c1-21(2)19-25(20-39)38-31-33(42)37(22(3)4)18-12-8-11-15-27(40)36(6)23(5)30(24-13-9-7-10-14-24)44-34(43)28-26-16-17-35(31,45-26)29(28)32(38)41/h7-10,12-14,16-17,21-23,25-26,28-31,39H,11,15,18-20H2,1-6H3/b12-8-/t23-,25+,26+,28-,29-,30+,31+,35-/m0/s1. The van der Waals surface area contributed by atoms with E-state index in [1.165, 1.54) is 4.90 Å². The van der Waals surface area contributed by atoms with Gasteiger partial charge < -0.3 is 29.3 Å². The number of likely N-dealkylation sites (N-methyl/N-ethyl adjacent to an activating group) is 1. The lowest BCUT2D eigenvalue weighted by Gasteiger charge is -2.40. The van der Waals surface area contributed by atoms with Crippen molar-refractivity contribution in [3.05, 3.63) is 60.2 Å². The van der Waals surface area contributed by atoms with Crippen molar-refractivity contribution >= 4 is 23.7 Å². The van der Waals surface area contributed by atoms with Crippen molar-refractivity contribution in [2.24, 2.45) is 17.8 Å². The van der Waals surface area contributed by atoms with Crippen LogP contribution in [0.3, 0.4) is 0 Å². The molecular formula is C35H47N3O7. The highest BCUT2D eigenvalue weighted by atomic mass is 16.6.